The largest absolute Gasteiger partial charge is 0.481 e. The molecule has 0 aliphatic carbocycles. The van der Waals surface area contributed by atoms with Gasteiger partial charge in [0, 0.05) is 12.6 Å². The average molecular weight is 230 g/mol. The minimum Gasteiger partial charge on any atom is -0.481 e. The Labute approximate surface area is 96.4 Å². The molecule has 0 fully saturated rings. The van der Waals surface area contributed by atoms with Gasteiger partial charge in [-0.3, -0.25) is 9.59 Å². The highest BCUT2D eigenvalue weighted by Gasteiger charge is 2.25. The van der Waals surface area contributed by atoms with Crippen molar-refractivity contribution in [2.75, 3.05) is 6.54 Å². The summed E-state index contributed by atoms with van der Waals surface area (Å²) in [6.45, 7) is 7.37. The lowest BCUT2D eigenvalue weighted by Gasteiger charge is -2.23. The summed E-state index contributed by atoms with van der Waals surface area (Å²) in [4.78, 5) is 22.5. The number of carboxylic acid groups (broad SMARTS) is 1. The van der Waals surface area contributed by atoms with E-state index in [1.165, 1.54) is 0 Å². The first-order chi connectivity index (χ1) is 7.31. The van der Waals surface area contributed by atoms with E-state index in [2.05, 4.69) is 5.32 Å². The number of amides is 1. The molecule has 0 aromatic heterocycles. The number of hydrogen-bond acceptors (Lipinski definition) is 3. The van der Waals surface area contributed by atoms with Gasteiger partial charge in [-0.25, -0.2) is 0 Å². The van der Waals surface area contributed by atoms with E-state index in [9.17, 15) is 9.59 Å². The van der Waals surface area contributed by atoms with E-state index in [4.69, 9.17) is 10.8 Å². The molecule has 0 heterocycles. The van der Waals surface area contributed by atoms with Crippen LogP contribution in [-0.4, -0.2) is 29.6 Å². The zero-order chi connectivity index (χ0) is 12.9. The quantitative estimate of drug-likeness (QED) is 0.617. The Morgan fingerprint density at radius 3 is 2.06 bits per heavy atom. The van der Waals surface area contributed by atoms with E-state index < -0.39 is 17.9 Å². The van der Waals surface area contributed by atoms with Crippen molar-refractivity contribution in [3.63, 3.8) is 0 Å². The molecule has 16 heavy (non-hydrogen) atoms. The molecule has 0 saturated carbocycles. The number of nitrogens with two attached hydrogens (primary N) is 1. The topological polar surface area (TPSA) is 92.4 Å². The number of nitrogens with one attached hydrogen (secondary N) is 1. The van der Waals surface area contributed by atoms with Crippen molar-refractivity contribution in [2.45, 2.75) is 33.7 Å². The Balaban J connectivity index is 4.38. The van der Waals surface area contributed by atoms with Crippen LogP contribution in [0.2, 0.25) is 0 Å². The van der Waals surface area contributed by atoms with Crippen LogP contribution in [-0.2, 0) is 9.59 Å². The van der Waals surface area contributed by atoms with Crippen molar-refractivity contribution in [2.24, 2.45) is 23.5 Å². The third kappa shape index (κ3) is 4.18. The summed E-state index contributed by atoms with van der Waals surface area (Å²) in [5.74, 6) is -1.80. The highest BCUT2D eigenvalue weighted by molar-refractivity contribution is 5.80. The lowest BCUT2D eigenvalue weighted by atomic mass is 9.94. The first-order valence-corrected chi connectivity index (χ1v) is 5.54. The summed E-state index contributed by atoms with van der Waals surface area (Å²) in [5, 5.41) is 11.5. The van der Waals surface area contributed by atoms with Crippen molar-refractivity contribution < 1.29 is 14.7 Å². The fraction of sp³-hybridized carbons (Fsp3) is 0.818. The smallest absolute Gasteiger partial charge is 0.308 e. The summed E-state index contributed by atoms with van der Waals surface area (Å²) >= 11 is 0. The molecule has 1 amide bonds. The molecule has 3 unspecified atom stereocenters. The Kier molecular flexibility index (Phi) is 6.03. The van der Waals surface area contributed by atoms with Gasteiger partial charge in [0.25, 0.3) is 0 Å². The molecule has 0 aromatic rings. The molecule has 0 spiro atoms. The summed E-state index contributed by atoms with van der Waals surface area (Å²) in [7, 11) is 0. The van der Waals surface area contributed by atoms with Gasteiger partial charge in [-0.1, -0.05) is 13.8 Å². The van der Waals surface area contributed by atoms with Gasteiger partial charge in [0.15, 0.2) is 0 Å². The van der Waals surface area contributed by atoms with Crippen LogP contribution in [0.1, 0.15) is 27.7 Å². The molecule has 5 heteroatoms. The second kappa shape index (κ2) is 6.48. The Morgan fingerprint density at radius 1 is 1.25 bits per heavy atom. The van der Waals surface area contributed by atoms with E-state index in [1.54, 1.807) is 13.8 Å². The maximum Gasteiger partial charge on any atom is 0.308 e. The van der Waals surface area contributed by atoms with Gasteiger partial charge in [0.2, 0.25) is 5.91 Å². The van der Waals surface area contributed by atoms with Gasteiger partial charge >= 0.3 is 5.97 Å². The number of carboxylic acids is 1. The first kappa shape index (κ1) is 14.9. The lowest BCUT2D eigenvalue weighted by Crippen LogP contribution is -2.45. The monoisotopic (exact) mass is 230 g/mol. The molecule has 4 N–H and O–H groups in total. The van der Waals surface area contributed by atoms with Gasteiger partial charge < -0.3 is 16.2 Å². The van der Waals surface area contributed by atoms with E-state index >= 15 is 0 Å². The molecule has 0 rings (SSSR count). The average Bonchev–Trinajstić information content (AvgIpc) is 2.16. The Hall–Kier alpha value is -1.10. The van der Waals surface area contributed by atoms with Gasteiger partial charge in [-0.2, -0.15) is 0 Å². The van der Waals surface area contributed by atoms with Crippen molar-refractivity contribution in [1.82, 2.24) is 5.32 Å². The van der Waals surface area contributed by atoms with Gasteiger partial charge in [0.1, 0.15) is 0 Å². The summed E-state index contributed by atoms with van der Waals surface area (Å²) in [6, 6.07) is -0.391. The fourth-order valence-electron chi connectivity index (χ4n) is 1.35. The van der Waals surface area contributed by atoms with Crippen LogP contribution in [0.4, 0.5) is 0 Å². The molecule has 94 valence electrons. The highest BCUT2D eigenvalue weighted by Crippen LogP contribution is 2.11. The van der Waals surface area contributed by atoms with E-state index in [-0.39, 0.29) is 24.3 Å². The molecule has 0 radical (unpaired) electrons. The zero-order valence-electron chi connectivity index (χ0n) is 10.4. The minimum atomic E-state index is -0.915. The maximum atomic E-state index is 11.8. The number of rotatable bonds is 6. The second-order valence-corrected chi connectivity index (χ2v) is 4.51. The second-order valence-electron chi connectivity index (χ2n) is 4.51. The van der Waals surface area contributed by atoms with Gasteiger partial charge in [-0.15, -0.1) is 0 Å². The molecule has 3 atom stereocenters. The molecular weight excluding hydrogens is 208 g/mol. The standard InChI is InChI=1S/C11H22N2O3/c1-6(2)9(5-12)10(14)13-8(4)7(3)11(15)16/h6-9H,5,12H2,1-4H3,(H,13,14)(H,15,16). The van der Waals surface area contributed by atoms with Crippen LogP contribution in [0.3, 0.4) is 0 Å². The summed E-state index contributed by atoms with van der Waals surface area (Å²) in [5.41, 5.74) is 5.51. The minimum absolute atomic E-state index is 0.150. The predicted octanol–water partition coefficient (Wildman–Crippen LogP) is 0.443. The molecule has 5 nitrogen and oxygen atoms in total. The molecule has 0 bridgehead atoms. The SMILES string of the molecule is CC(C)C(CN)C(=O)NC(C)C(C)C(=O)O. The van der Waals surface area contributed by atoms with Crippen LogP contribution in [0, 0.1) is 17.8 Å². The lowest BCUT2D eigenvalue weighted by molar-refractivity contribution is -0.142. The normalized spacial score (nSPS) is 16.6. The first-order valence-electron chi connectivity index (χ1n) is 5.54. The fourth-order valence-corrected chi connectivity index (χ4v) is 1.35. The summed E-state index contributed by atoms with van der Waals surface area (Å²) in [6.07, 6.45) is 0. The van der Waals surface area contributed by atoms with Gasteiger partial charge in [0.05, 0.1) is 11.8 Å². The van der Waals surface area contributed by atoms with Crippen LogP contribution >= 0.6 is 0 Å². The molecule has 0 aromatic carbocycles. The van der Waals surface area contributed by atoms with Crippen molar-refractivity contribution >= 4 is 11.9 Å². The van der Waals surface area contributed by atoms with Crippen LogP contribution in [0.25, 0.3) is 0 Å². The van der Waals surface area contributed by atoms with E-state index in [0.717, 1.165) is 0 Å². The maximum absolute atomic E-state index is 11.8. The van der Waals surface area contributed by atoms with Crippen LogP contribution in [0.15, 0.2) is 0 Å². The van der Waals surface area contributed by atoms with E-state index in [1.807, 2.05) is 13.8 Å². The summed E-state index contributed by atoms with van der Waals surface area (Å²) < 4.78 is 0. The van der Waals surface area contributed by atoms with Crippen LogP contribution in [0.5, 0.6) is 0 Å². The molecule has 0 aliphatic rings. The number of carbonyl (C=O) groups excluding carboxylic acids is 1. The molecular formula is C11H22N2O3. The molecule has 0 aliphatic heterocycles. The Bertz CT molecular complexity index is 254. The number of carbonyl (C=O) groups is 2. The van der Waals surface area contributed by atoms with Crippen molar-refractivity contribution in [3.05, 3.63) is 0 Å². The van der Waals surface area contributed by atoms with Crippen molar-refractivity contribution in [3.8, 4) is 0 Å². The van der Waals surface area contributed by atoms with Crippen molar-refractivity contribution in [1.29, 1.82) is 0 Å². The third-order valence-corrected chi connectivity index (χ3v) is 2.90. The van der Waals surface area contributed by atoms with E-state index in [0.29, 0.717) is 0 Å². The number of aliphatic carboxylic acids is 1. The zero-order valence-corrected chi connectivity index (χ0v) is 10.4. The highest BCUT2D eigenvalue weighted by atomic mass is 16.4. The van der Waals surface area contributed by atoms with Gasteiger partial charge in [-0.05, 0) is 19.8 Å². The van der Waals surface area contributed by atoms with Crippen LogP contribution < -0.4 is 11.1 Å². The number of hydrogen-bond donors (Lipinski definition) is 3. The predicted molar refractivity (Wildman–Crippen MR) is 61.8 cm³/mol. The molecule has 0 saturated heterocycles. The Morgan fingerprint density at radius 2 is 1.75 bits per heavy atom. The third-order valence-electron chi connectivity index (χ3n) is 2.90.